The van der Waals surface area contributed by atoms with E-state index in [0.29, 0.717) is 18.2 Å². The van der Waals surface area contributed by atoms with Gasteiger partial charge in [0.2, 0.25) is 5.91 Å². The van der Waals surface area contributed by atoms with Crippen molar-refractivity contribution in [2.75, 3.05) is 25.9 Å². The molecule has 0 saturated carbocycles. The maximum Gasteiger partial charge on any atom is 0.227 e. The van der Waals surface area contributed by atoms with E-state index in [0.717, 1.165) is 31.6 Å². The number of nitrogen functional groups attached to an aromatic ring is 1. The third-order valence-electron chi connectivity index (χ3n) is 4.74. The molecule has 0 bridgehead atoms. The van der Waals surface area contributed by atoms with Crippen molar-refractivity contribution in [3.63, 3.8) is 0 Å². The molecule has 1 atom stereocenters. The van der Waals surface area contributed by atoms with Gasteiger partial charge >= 0.3 is 0 Å². The zero-order valence-electron chi connectivity index (χ0n) is 14.2. The lowest BCUT2D eigenvalue weighted by atomic mass is 10.1. The monoisotopic (exact) mass is 323 g/mol. The van der Waals surface area contributed by atoms with Gasteiger partial charge in [-0.2, -0.15) is 0 Å². The molecule has 24 heavy (non-hydrogen) atoms. The number of benzene rings is 2. The van der Waals surface area contributed by atoms with Crippen LogP contribution in [0.15, 0.2) is 54.6 Å². The van der Waals surface area contributed by atoms with Gasteiger partial charge in [0.1, 0.15) is 0 Å². The number of rotatable bonds is 5. The molecular weight excluding hydrogens is 298 g/mol. The molecule has 1 fully saturated rings. The Morgan fingerprint density at radius 1 is 1.17 bits per heavy atom. The molecule has 4 heteroatoms. The lowest BCUT2D eigenvalue weighted by molar-refractivity contribution is -0.131. The summed E-state index contributed by atoms with van der Waals surface area (Å²) in [7, 11) is 1.92. The molecular formula is C20H25N3O. The zero-order valence-corrected chi connectivity index (χ0v) is 14.2. The van der Waals surface area contributed by atoms with Gasteiger partial charge in [-0.1, -0.05) is 42.5 Å². The average Bonchev–Trinajstić information content (AvgIpc) is 3.03. The van der Waals surface area contributed by atoms with Crippen LogP contribution < -0.4 is 5.73 Å². The van der Waals surface area contributed by atoms with E-state index >= 15 is 0 Å². The molecule has 1 saturated heterocycles. The highest BCUT2D eigenvalue weighted by Gasteiger charge is 2.28. The van der Waals surface area contributed by atoms with Crippen LogP contribution in [0, 0.1) is 0 Å². The Morgan fingerprint density at radius 3 is 2.67 bits per heavy atom. The summed E-state index contributed by atoms with van der Waals surface area (Å²) in [5.41, 5.74) is 8.80. The van der Waals surface area contributed by atoms with Gasteiger partial charge in [0.25, 0.3) is 0 Å². The molecule has 1 aliphatic rings. The van der Waals surface area contributed by atoms with Gasteiger partial charge in [0, 0.05) is 38.4 Å². The standard InChI is InChI=1S/C20H25N3O/c1-22(20(24)13-17-8-5-9-18(21)12-17)19-10-11-23(15-19)14-16-6-3-2-4-7-16/h2-9,12,19H,10-11,13-15,21H2,1H3. The number of anilines is 1. The SMILES string of the molecule is CN(C(=O)Cc1cccc(N)c1)C1CCN(Cc2ccccc2)C1. The molecule has 2 N–H and O–H groups in total. The van der Waals surface area contributed by atoms with E-state index in [2.05, 4.69) is 29.2 Å². The zero-order chi connectivity index (χ0) is 16.9. The van der Waals surface area contributed by atoms with Crippen molar-refractivity contribution in [1.82, 2.24) is 9.80 Å². The Bertz CT molecular complexity index is 686. The molecule has 0 radical (unpaired) electrons. The van der Waals surface area contributed by atoms with Crippen LogP contribution in [0.5, 0.6) is 0 Å². The minimum Gasteiger partial charge on any atom is -0.399 e. The highest BCUT2D eigenvalue weighted by molar-refractivity contribution is 5.79. The summed E-state index contributed by atoms with van der Waals surface area (Å²) in [4.78, 5) is 16.9. The van der Waals surface area contributed by atoms with Crippen molar-refractivity contribution < 1.29 is 4.79 Å². The van der Waals surface area contributed by atoms with E-state index in [9.17, 15) is 4.79 Å². The highest BCUT2D eigenvalue weighted by atomic mass is 16.2. The Kier molecular flexibility index (Phi) is 5.16. The second-order valence-electron chi connectivity index (χ2n) is 6.59. The number of nitrogens with two attached hydrogens (primary N) is 1. The summed E-state index contributed by atoms with van der Waals surface area (Å²) in [5.74, 6) is 0.159. The average molecular weight is 323 g/mol. The van der Waals surface area contributed by atoms with Gasteiger partial charge in [-0.05, 0) is 29.7 Å². The van der Waals surface area contributed by atoms with E-state index < -0.39 is 0 Å². The van der Waals surface area contributed by atoms with Crippen molar-refractivity contribution in [3.8, 4) is 0 Å². The number of hydrogen-bond acceptors (Lipinski definition) is 3. The van der Waals surface area contributed by atoms with Crippen LogP contribution in [0.2, 0.25) is 0 Å². The largest absolute Gasteiger partial charge is 0.399 e. The van der Waals surface area contributed by atoms with Crippen molar-refractivity contribution in [2.24, 2.45) is 0 Å². The smallest absolute Gasteiger partial charge is 0.227 e. The first-order chi connectivity index (χ1) is 11.6. The second-order valence-corrected chi connectivity index (χ2v) is 6.59. The lowest BCUT2D eigenvalue weighted by Gasteiger charge is -2.25. The molecule has 2 aromatic carbocycles. The van der Waals surface area contributed by atoms with E-state index in [4.69, 9.17) is 5.73 Å². The summed E-state index contributed by atoms with van der Waals surface area (Å²) in [5, 5.41) is 0. The van der Waals surface area contributed by atoms with Gasteiger partial charge in [0.15, 0.2) is 0 Å². The summed E-state index contributed by atoms with van der Waals surface area (Å²) in [6, 6.07) is 18.4. The van der Waals surface area contributed by atoms with Crippen LogP contribution in [0.1, 0.15) is 17.5 Å². The van der Waals surface area contributed by atoms with Gasteiger partial charge in [-0.3, -0.25) is 9.69 Å². The van der Waals surface area contributed by atoms with Crippen molar-refractivity contribution in [2.45, 2.75) is 25.4 Å². The topological polar surface area (TPSA) is 49.6 Å². The fourth-order valence-corrected chi connectivity index (χ4v) is 3.32. The molecule has 4 nitrogen and oxygen atoms in total. The second kappa shape index (κ2) is 7.49. The Labute approximate surface area is 143 Å². The number of hydrogen-bond donors (Lipinski definition) is 1. The molecule has 0 aromatic heterocycles. The Morgan fingerprint density at radius 2 is 1.92 bits per heavy atom. The molecule has 3 rings (SSSR count). The van der Waals surface area contributed by atoms with Gasteiger partial charge in [0.05, 0.1) is 6.42 Å². The van der Waals surface area contributed by atoms with E-state index in [1.165, 1.54) is 5.56 Å². The first-order valence-corrected chi connectivity index (χ1v) is 8.48. The third-order valence-corrected chi connectivity index (χ3v) is 4.74. The minimum absolute atomic E-state index is 0.159. The fourth-order valence-electron chi connectivity index (χ4n) is 3.32. The minimum atomic E-state index is 0.159. The van der Waals surface area contributed by atoms with Crippen molar-refractivity contribution in [3.05, 3.63) is 65.7 Å². The third kappa shape index (κ3) is 4.15. The number of likely N-dealkylation sites (tertiary alicyclic amines) is 1. The quantitative estimate of drug-likeness (QED) is 0.860. The van der Waals surface area contributed by atoms with Gasteiger partial charge < -0.3 is 10.6 Å². The van der Waals surface area contributed by atoms with Crippen LogP contribution in [0.3, 0.4) is 0 Å². The number of carbonyl (C=O) groups is 1. The van der Waals surface area contributed by atoms with Crippen LogP contribution >= 0.6 is 0 Å². The van der Waals surface area contributed by atoms with Crippen LogP contribution in [0.4, 0.5) is 5.69 Å². The summed E-state index contributed by atoms with van der Waals surface area (Å²) < 4.78 is 0. The molecule has 0 aliphatic carbocycles. The van der Waals surface area contributed by atoms with E-state index in [-0.39, 0.29) is 5.91 Å². The van der Waals surface area contributed by atoms with E-state index in [1.54, 1.807) is 0 Å². The van der Waals surface area contributed by atoms with Crippen molar-refractivity contribution >= 4 is 11.6 Å². The Hall–Kier alpha value is -2.33. The molecule has 1 aliphatic heterocycles. The molecule has 126 valence electrons. The number of likely N-dealkylation sites (N-methyl/N-ethyl adjacent to an activating group) is 1. The normalized spacial score (nSPS) is 17.8. The number of nitrogens with zero attached hydrogens (tertiary/aromatic N) is 2. The van der Waals surface area contributed by atoms with Crippen LogP contribution in [-0.4, -0.2) is 41.9 Å². The molecule has 1 unspecified atom stereocenters. The maximum absolute atomic E-state index is 12.5. The van der Waals surface area contributed by atoms with Gasteiger partial charge in [-0.15, -0.1) is 0 Å². The first-order valence-electron chi connectivity index (χ1n) is 8.48. The number of carbonyl (C=O) groups excluding carboxylic acids is 1. The molecule has 0 spiro atoms. The fraction of sp³-hybridized carbons (Fsp3) is 0.350. The summed E-state index contributed by atoms with van der Waals surface area (Å²) in [6.45, 7) is 2.93. The molecule has 1 amide bonds. The predicted molar refractivity (Wildman–Crippen MR) is 97.5 cm³/mol. The first kappa shape index (κ1) is 16.5. The summed E-state index contributed by atoms with van der Waals surface area (Å²) >= 11 is 0. The summed E-state index contributed by atoms with van der Waals surface area (Å²) in [6.07, 6.45) is 1.45. The Balaban J connectivity index is 1.54. The van der Waals surface area contributed by atoms with Crippen LogP contribution in [-0.2, 0) is 17.8 Å². The van der Waals surface area contributed by atoms with Crippen LogP contribution in [0.25, 0.3) is 0 Å². The number of amides is 1. The molecule has 1 heterocycles. The van der Waals surface area contributed by atoms with E-state index in [1.807, 2.05) is 42.3 Å². The molecule has 2 aromatic rings. The highest BCUT2D eigenvalue weighted by Crippen LogP contribution is 2.18. The van der Waals surface area contributed by atoms with Crippen molar-refractivity contribution in [1.29, 1.82) is 0 Å². The predicted octanol–water partition coefficient (Wildman–Crippen LogP) is 2.54. The van der Waals surface area contributed by atoms with Gasteiger partial charge in [-0.25, -0.2) is 0 Å². The lowest BCUT2D eigenvalue weighted by Crippen LogP contribution is -2.39. The maximum atomic E-state index is 12.5.